The molecule has 1 saturated heterocycles. The molecule has 0 aromatic carbocycles. The molecule has 0 radical (unpaired) electrons. The minimum atomic E-state index is -0.437. The Morgan fingerprint density at radius 2 is 2.25 bits per heavy atom. The number of hydrogen-bond acceptors (Lipinski definition) is 3. The minimum absolute atomic E-state index is 0.107. The molecule has 90 valence electrons. The molecule has 2 amide bonds. The Hall–Kier alpha value is -1.59. The van der Waals surface area contributed by atoms with Crippen LogP contribution in [0.15, 0.2) is 4.99 Å². The number of carbonyl (C=O) groups excluding carboxylic acids is 2. The molecule has 0 bridgehead atoms. The fourth-order valence-electron chi connectivity index (χ4n) is 1.75. The summed E-state index contributed by atoms with van der Waals surface area (Å²) in [5.74, 6) is 0.166. The van der Waals surface area contributed by atoms with Crippen molar-refractivity contribution >= 4 is 17.6 Å². The summed E-state index contributed by atoms with van der Waals surface area (Å²) in [5.41, 5.74) is 5.23. The number of hydrogen-bond donors (Lipinski definition) is 2. The topological polar surface area (TPSA) is 87.8 Å². The van der Waals surface area contributed by atoms with Crippen LogP contribution < -0.4 is 11.1 Å². The molecule has 1 aliphatic heterocycles. The maximum atomic E-state index is 11.8. The number of likely N-dealkylation sites (tertiary alicyclic amines) is 1. The second kappa shape index (κ2) is 5.48. The number of amidine groups is 1. The van der Waals surface area contributed by atoms with Crippen LogP contribution in [0.4, 0.5) is 0 Å². The lowest BCUT2D eigenvalue weighted by Crippen LogP contribution is -2.47. The van der Waals surface area contributed by atoms with E-state index in [0.717, 1.165) is 6.42 Å². The van der Waals surface area contributed by atoms with E-state index in [9.17, 15) is 9.59 Å². The Kier molecular flexibility index (Phi) is 4.28. The van der Waals surface area contributed by atoms with Gasteiger partial charge < -0.3 is 16.0 Å². The first kappa shape index (κ1) is 12.5. The van der Waals surface area contributed by atoms with E-state index in [1.54, 1.807) is 14.0 Å². The molecule has 0 aliphatic carbocycles. The van der Waals surface area contributed by atoms with Gasteiger partial charge in [0.1, 0.15) is 6.04 Å². The van der Waals surface area contributed by atoms with Gasteiger partial charge in [-0.25, -0.2) is 0 Å². The van der Waals surface area contributed by atoms with E-state index in [2.05, 4.69) is 10.3 Å². The van der Waals surface area contributed by atoms with Gasteiger partial charge in [0.05, 0.1) is 12.4 Å². The van der Waals surface area contributed by atoms with Gasteiger partial charge in [-0.1, -0.05) is 0 Å². The summed E-state index contributed by atoms with van der Waals surface area (Å²) >= 11 is 0. The lowest BCUT2D eigenvalue weighted by atomic mass is 10.2. The summed E-state index contributed by atoms with van der Waals surface area (Å²) in [4.78, 5) is 28.3. The standard InChI is InChI=1S/C10H18N4O2/c1-7(12-2)13-6-9(15)14-5-3-4-8(14)10(11)16/h8H,3-6H2,1-2H3,(H2,11,16)(H,12,13)/t8-/m0/s1. The maximum Gasteiger partial charge on any atom is 0.242 e. The van der Waals surface area contributed by atoms with Gasteiger partial charge in [-0.05, 0) is 19.8 Å². The van der Waals surface area contributed by atoms with E-state index in [1.165, 1.54) is 4.90 Å². The first-order valence-electron chi connectivity index (χ1n) is 5.32. The highest BCUT2D eigenvalue weighted by atomic mass is 16.2. The highest BCUT2D eigenvalue weighted by molar-refractivity contribution is 5.90. The first-order chi connectivity index (χ1) is 7.56. The van der Waals surface area contributed by atoms with Gasteiger partial charge in [0.15, 0.2) is 0 Å². The van der Waals surface area contributed by atoms with E-state index in [4.69, 9.17) is 5.73 Å². The molecular weight excluding hydrogens is 208 g/mol. The molecule has 1 atom stereocenters. The van der Waals surface area contributed by atoms with Crippen molar-refractivity contribution in [1.29, 1.82) is 0 Å². The van der Waals surface area contributed by atoms with Crippen molar-refractivity contribution in [3.63, 3.8) is 0 Å². The third kappa shape index (κ3) is 2.95. The molecule has 1 heterocycles. The molecule has 1 aliphatic rings. The highest BCUT2D eigenvalue weighted by Crippen LogP contribution is 2.16. The first-order valence-corrected chi connectivity index (χ1v) is 5.32. The van der Waals surface area contributed by atoms with Crippen LogP contribution >= 0.6 is 0 Å². The summed E-state index contributed by atoms with van der Waals surface area (Å²) in [7, 11) is 1.65. The average molecular weight is 226 g/mol. The second-order valence-electron chi connectivity index (χ2n) is 3.81. The minimum Gasteiger partial charge on any atom is -0.368 e. The highest BCUT2D eigenvalue weighted by Gasteiger charge is 2.32. The predicted octanol–water partition coefficient (Wildman–Crippen LogP) is -0.899. The molecule has 0 aromatic rings. The molecular formula is C10H18N4O2. The molecule has 16 heavy (non-hydrogen) atoms. The zero-order chi connectivity index (χ0) is 12.1. The molecule has 0 spiro atoms. The van der Waals surface area contributed by atoms with Crippen molar-refractivity contribution in [2.75, 3.05) is 20.1 Å². The van der Waals surface area contributed by atoms with Gasteiger partial charge in [-0.2, -0.15) is 0 Å². The molecule has 0 saturated carbocycles. The SMILES string of the molecule is CN=C(C)NCC(=O)N1CCC[C@H]1C(N)=O. The Morgan fingerprint density at radius 3 is 2.81 bits per heavy atom. The van der Waals surface area contributed by atoms with Crippen LogP contribution in [0.1, 0.15) is 19.8 Å². The number of nitrogens with one attached hydrogen (secondary N) is 1. The van der Waals surface area contributed by atoms with Crippen molar-refractivity contribution < 1.29 is 9.59 Å². The van der Waals surface area contributed by atoms with E-state index >= 15 is 0 Å². The van der Waals surface area contributed by atoms with Crippen molar-refractivity contribution in [1.82, 2.24) is 10.2 Å². The monoisotopic (exact) mass is 226 g/mol. The normalized spacial score (nSPS) is 21.0. The molecule has 0 unspecified atom stereocenters. The second-order valence-corrected chi connectivity index (χ2v) is 3.81. The van der Waals surface area contributed by atoms with Crippen molar-refractivity contribution in [3.8, 4) is 0 Å². The van der Waals surface area contributed by atoms with Crippen LogP contribution in [0.25, 0.3) is 0 Å². The van der Waals surface area contributed by atoms with Crippen molar-refractivity contribution in [3.05, 3.63) is 0 Å². The van der Waals surface area contributed by atoms with Crippen LogP contribution in [-0.4, -0.2) is 48.7 Å². The lowest BCUT2D eigenvalue weighted by molar-refractivity contribution is -0.136. The van der Waals surface area contributed by atoms with Gasteiger partial charge >= 0.3 is 0 Å². The summed E-state index contributed by atoms with van der Waals surface area (Å²) < 4.78 is 0. The van der Waals surface area contributed by atoms with Crippen LogP contribution in [0.2, 0.25) is 0 Å². The molecule has 1 rings (SSSR count). The van der Waals surface area contributed by atoms with Crippen LogP contribution in [0.3, 0.4) is 0 Å². The van der Waals surface area contributed by atoms with E-state index in [0.29, 0.717) is 18.8 Å². The van der Waals surface area contributed by atoms with Crippen LogP contribution in [0.5, 0.6) is 0 Å². The third-order valence-corrected chi connectivity index (χ3v) is 2.73. The number of nitrogens with zero attached hydrogens (tertiary/aromatic N) is 2. The maximum absolute atomic E-state index is 11.8. The molecule has 6 heteroatoms. The molecule has 0 aromatic heterocycles. The van der Waals surface area contributed by atoms with Gasteiger partial charge in [-0.15, -0.1) is 0 Å². The number of carbonyl (C=O) groups is 2. The molecule has 6 nitrogen and oxygen atoms in total. The quantitative estimate of drug-likeness (QED) is 0.483. The Balaban J connectivity index is 2.50. The number of aliphatic imine (C=N–C) groups is 1. The van der Waals surface area contributed by atoms with Gasteiger partial charge in [0.25, 0.3) is 0 Å². The number of primary amides is 1. The average Bonchev–Trinajstić information content (AvgIpc) is 2.74. The largest absolute Gasteiger partial charge is 0.368 e. The summed E-state index contributed by atoms with van der Waals surface area (Å²) in [5, 5.41) is 2.88. The van der Waals surface area contributed by atoms with Gasteiger partial charge in [-0.3, -0.25) is 14.6 Å². The van der Waals surface area contributed by atoms with E-state index in [-0.39, 0.29) is 12.5 Å². The summed E-state index contributed by atoms with van der Waals surface area (Å²) in [6.07, 6.45) is 1.50. The van der Waals surface area contributed by atoms with Crippen LogP contribution in [0, 0.1) is 0 Å². The van der Waals surface area contributed by atoms with E-state index in [1.807, 2.05) is 0 Å². The third-order valence-electron chi connectivity index (χ3n) is 2.73. The van der Waals surface area contributed by atoms with Crippen molar-refractivity contribution in [2.45, 2.75) is 25.8 Å². The summed E-state index contributed by atoms with van der Waals surface area (Å²) in [6.45, 7) is 2.55. The van der Waals surface area contributed by atoms with Crippen LogP contribution in [-0.2, 0) is 9.59 Å². The number of rotatable bonds is 3. The molecule has 1 fully saturated rings. The number of amides is 2. The van der Waals surface area contributed by atoms with Gasteiger partial charge in [0.2, 0.25) is 11.8 Å². The lowest BCUT2D eigenvalue weighted by Gasteiger charge is -2.22. The van der Waals surface area contributed by atoms with Gasteiger partial charge in [0, 0.05) is 13.6 Å². The Morgan fingerprint density at radius 1 is 1.56 bits per heavy atom. The van der Waals surface area contributed by atoms with Crippen molar-refractivity contribution in [2.24, 2.45) is 10.7 Å². The molecule has 3 N–H and O–H groups in total. The fourth-order valence-corrected chi connectivity index (χ4v) is 1.75. The Bertz CT molecular complexity index is 314. The smallest absolute Gasteiger partial charge is 0.242 e. The van der Waals surface area contributed by atoms with E-state index < -0.39 is 11.9 Å². The Labute approximate surface area is 94.9 Å². The fraction of sp³-hybridized carbons (Fsp3) is 0.700. The zero-order valence-electron chi connectivity index (χ0n) is 9.69. The summed E-state index contributed by atoms with van der Waals surface area (Å²) in [6, 6.07) is -0.437. The zero-order valence-corrected chi connectivity index (χ0v) is 9.69. The predicted molar refractivity (Wildman–Crippen MR) is 61.0 cm³/mol. The number of nitrogens with two attached hydrogens (primary N) is 1.